The Kier molecular flexibility index (Phi) is 7.80. The van der Waals surface area contributed by atoms with Gasteiger partial charge >= 0.3 is 0 Å². The lowest BCUT2D eigenvalue weighted by molar-refractivity contribution is -0.128. The number of carbonyl (C=O) groups is 1. The number of rotatable bonds is 9. The van der Waals surface area contributed by atoms with Crippen LogP contribution in [-0.2, 0) is 16.0 Å². The molecule has 4 aromatic rings. The van der Waals surface area contributed by atoms with Gasteiger partial charge in [-0.05, 0) is 31.1 Å². The first-order chi connectivity index (χ1) is 18.9. The summed E-state index contributed by atoms with van der Waals surface area (Å²) in [6.45, 7) is 5.34. The van der Waals surface area contributed by atoms with Gasteiger partial charge in [0.2, 0.25) is 11.9 Å². The molecule has 4 heterocycles. The third-order valence-electron chi connectivity index (χ3n) is 6.78. The molecule has 0 spiro atoms. The number of likely N-dealkylation sites (tertiary alicyclic amines) is 1. The topological polar surface area (TPSA) is 116 Å². The van der Waals surface area contributed by atoms with Gasteiger partial charge in [0.1, 0.15) is 11.5 Å². The Hall–Kier alpha value is -3.96. The number of nitrogens with one attached hydrogen (secondary N) is 1. The first kappa shape index (κ1) is 26.6. The molecule has 3 aromatic heterocycles. The van der Waals surface area contributed by atoms with Gasteiger partial charge in [0.15, 0.2) is 17.1 Å². The number of fused-ring (bicyclic) bond motifs is 3. The summed E-state index contributed by atoms with van der Waals surface area (Å²) in [6, 6.07) is 5.52. The van der Waals surface area contributed by atoms with Crippen LogP contribution in [0.15, 0.2) is 37.1 Å². The number of benzene rings is 1. The quantitative estimate of drug-likeness (QED) is 0.310. The van der Waals surface area contributed by atoms with Crippen LogP contribution in [0.3, 0.4) is 0 Å². The number of nitrogens with zero attached hydrogens (tertiary/aromatic N) is 6. The molecule has 1 fully saturated rings. The molecule has 0 aliphatic carbocycles. The highest BCUT2D eigenvalue weighted by molar-refractivity contribution is 6.35. The molecule has 0 atom stereocenters. The highest BCUT2D eigenvalue weighted by Gasteiger charge is 2.23. The van der Waals surface area contributed by atoms with E-state index in [1.165, 1.54) is 6.08 Å². The molecule has 0 unspecified atom stereocenters. The zero-order valence-corrected chi connectivity index (χ0v) is 22.9. The van der Waals surface area contributed by atoms with Crippen molar-refractivity contribution in [1.29, 1.82) is 0 Å². The number of pyridine rings is 1. The van der Waals surface area contributed by atoms with Crippen molar-refractivity contribution in [1.82, 2.24) is 29.5 Å². The van der Waals surface area contributed by atoms with Gasteiger partial charge in [-0.3, -0.25) is 4.79 Å². The second kappa shape index (κ2) is 11.4. The lowest BCUT2D eigenvalue weighted by Gasteiger charge is -2.31. The van der Waals surface area contributed by atoms with Crippen LogP contribution in [0, 0.1) is 0 Å². The number of ether oxygens (including phenoxy) is 3. The van der Waals surface area contributed by atoms with Gasteiger partial charge in [-0.1, -0.05) is 18.2 Å². The molecule has 1 amide bonds. The average molecular weight is 552 g/mol. The SMILES string of the molecule is C=CC(=O)N1CCC(OCCc2nc3c(-c4cc(OC)cc(OC)c4Cl)cc4cnc(NC)nc4n3n2)CC1. The van der Waals surface area contributed by atoms with Gasteiger partial charge in [-0.15, -0.1) is 5.10 Å². The predicted molar refractivity (Wildman–Crippen MR) is 149 cm³/mol. The number of aromatic nitrogens is 5. The minimum absolute atomic E-state index is 0.0376. The summed E-state index contributed by atoms with van der Waals surface area (Å²) < 4.78 is 18.8. The van der Waals surface area contributed by atoms with E-state index in [0.717, 1.165) is 23.8 Å². The number of anilines is 1. The number of hydrogen-bond acceptors (Lipinski definition) is 9. The Morgan fingerprint density at radius 2 is 1.95 bits per heavy atom. The third-order valence-corrected chi connectivity index (χ3v) is 7.17. The smallest absolute Gasteiger partial charge is 0.245 e. The summed E-state index contributed by atoms with van der Waals surface area (Å²) >= 11 is 6.76. The molecule has 5 rings (SSSR count). The van der Waals surface area contributed by atoms with E-state index in [9.17, 15) is 4.79 Å². The Morgan fingerprint density at radius 1 is 1.15 bits per heavy atom. The minimum atomic E-state index is -0.0376. The van der Waals surface area contributed by atoms with Crippen LogP contribution in [0.2, 0.25) is 5.02 Å². The van der Waals surface area contributed by atoms with Gasteiger partial charge in [-0.25, -0.2) is 9.97 Å². The van der Waals surface area contributed by atoms with Crippen molar-refractivity contribution in [2.45, 2.75) is 25.4 Å². The molecule has 11 nitrogen and oxygen atoms in total. The number of halogens is 1. The molecule has 12 heteroatoms. The van der Waals surface area contributed by atoms with Crippen molar-refractivity contribution in [3.05, 3.63) is 47.9 Å². The van der Waals surface area contributed by atoms with Crippen LogP contribution >= 0.6 is 11.6 Å². The van der Waals surface area contributed by atoms with E-state index < -0.39 is 0 Å². The Labute approximate surface area is 230 Å². The van der Waals surface area contributed by atoms with E-state index >= 15 is 0 Å². The van der Waals surface area contributed by atoms with Gasteiger partial charge in [0.05, 0.1) is 32.0 Å². The van der Waals surface area contributed by atoms with E-state index in [-0.39, 0.29) is 12.0 Å². The van der Waals surface area contributed by atoms with Crippen LogP contribution in [0.25, 0.3) is 27.8 Å². The van der Waals surface area contributed by atoms with Crippen LogP contribution < -0.4 is 14.8 Å². The van der Waals surface area contributed by atoms with Crippen molar-refractivity contribution in [3.8, 4) is 22.6 Å². The zero-order chi connectivity index (χ0) is 27.5. The zero-order valence-electron chi connectivity index (χ0n) is 22.1. The average Bonchev–Trinajstić information content (AvgIpc) is 3.41. The molecule has 39 heavy (non-hydrogen) atoms. The minimum Gasteiger partial charge on any atom is -0.497 e. The molecule has 1 aliphatic rings. The van der Waals surface area contributed by atoms with Gasteiger partial charge in [-0.2, -0.15) is 9.50 Å². The second-order valence-corrected chi connectivity index (χ2v) is 9.46. The van der Waals surface area contributed by atoms with Crippen molar-refractivity contribution in [3.63, 3.8) is 0 Å². The summed E-state index contributed by atoms with van der Waals surface area (Å²) in [5.74, 6) is 2.13. The molecule has 1 N–H and O–H groups in total. The fourth-order valence-electron chi connectivity index (χ4n) is 4.70. The van der Waals surface area contributed by atoms with Crippen molar-refractivity contribution < 1.29 is 19.0 Å². The number of piperidine rings is 1. The lowest BCUT2D eigenvalue weighted by atomic mass is 10.0. The van der Waals surface area contributed by atoms with Crippen molar-refractivity contribution in [2.75, 3.05) is 46.3 Å². The van der Waals surface area contributed by atoms with E-state index in [4.69, 9.17) is 35.9 Å². The summed E-state index contributed by atoms with van der Waals surface area (Å²) in [7, 11) is 4.91. The van der Waals surface area contributed by atoms with Crippen LogP contribution in [0.5, 0.6) is 11.5 Å². The molecule has 0 saturated carbocycles. The Morgan fingerprint density at radius 3 is 2.64 bits per heavy atom. The molecule has 1 saturated heterocycles. The normalized spacial score (nSPS) is 14.1. The maximum Gasteiger partial charge on any atom is 0.245 e. The highest BCUT2D eigenvalue weighted by atomic mass is 35.5. The van der Waals surface area contributed by atoms with E-state index in [0.29, 0.717) is 71.3 Å². The van der Waals surface area contributed by atoms with Crippen molar-refractivity contribution >= 4 is 40.1 Å². The molecule has 204 valence electrons. The maximum absolute atomic E-state index is 11.8. The highest BCUT2D eigenvalue weighted by Crippen LogP contribution is 2.41. The number of methoxy groups -OCH3 is 2. The summed E-state index contributed by atoms with van der Waals surface area (Å²) in [5, 5.41) is 8.96. The first-order valence-electron chi connectivity index (χ1n) is 12.6. The molecule has 1 aliphatic heterocycles. The third kappa shape index (κ3) is 5.32. The maximum atomic E-state index is 11.8. The van der Waals surface area contributed by atoms with Crippen LogP contribution in [-0.4, -0.2) is 82.4 Å². The van der Waals surface area contributed by atoms with E-state index in [1.807, 2.05) is 12.1 Å². The fourth-order valence-corrected chi connectivity index (χ4v) is 4.99. The number of amides is 1. The van der Waals surface area contributed by atoms with Crippen LogP contribution in [0.4, 0.5) is 5.95 Å². The Bertz CT molecular complexity index is 1530. The Balaban J connectivity index is 1.47. The summed E-state index contributed by atoms with van der Waals surface area (Å²) in [6.07, 6.45) is 5.25. The first-order valence-corrected chi connectivity index (χ1v) is 13.0. The number of carbonyl (C=O) groups excluding carboxylic acids is 1. The molecule has 0 radical (unpaired) electrons. The van der Waals surface area contributed by atoms with Crippen LogP contribution in [0.1, 0.15) is 18.7 Å². The number of hydrogen-bond donors (Lipinski definition) is 1. The van der Waals surface area contributed by atoms with Gasteiger partial charge in [0, 0.05) is 55.3 Å². The predicted octanol–water partition coefficient (Wildman–Crippen LogP) is 3.79. The monoisotopic (exact) mass is 551 g/mol. The van der Waals surface area contributed by atoms with E-state index in [2.05, 4.69) is 21.9 Å². The largest absolute Gasteiger partial charge is 0.497 e. The van der Waals surface area contributed by atoms with Gasteiger partial charge < -0.3 is 24.4 Å². The standard InChI is InChI=1S/C27H30ClN7O4/c1-5-23(36)34-9-6-17(7-10-34)39-11-8-22-31-26-20(19-13-18(37-3)14-21(38-4)24(19)28)12-16-15-30-27(29-2)32-25(16)35(26)33-22/h5,12-15,17H,1,6-11H2,2-4H3,(H,29,30,32). The van der Waals surface area contributed by atoms with Gasteiger partial charge in [0.25, 0.3) is 0 Å². The summed E-state index contributed by atoms with van der Waals surface area (Å²) in [5.41, 5.74) is 2.63. The summed E-state index contributed by atoms with van der Waals surface area (Å²) in [4.78, 5) is 27.5. The molecular weight excluding hydrogens is 522 g/mol. The second-order valence-electron chi connectivity index (χ2n) is 9.08. The van der Waals surface area contributed by atoms with E-state index in [1.54, 1.807) is 42.9 Å². The fraction of sp³-hybridized carbons (Fsp3) is 0.370. The molecule has 0 bridgehead atoms. The molecular formula is C27H30ClN7O4. The lowest BCUT2D eigenvalue weighted by Crippen LogP contribution is -2.40. The van der Waals surface area contributed by atoms with Crippen molar-refractivity contribution in [2.24, 2.45) is 0 Å². The molecule has 1 aromatic carbocycles.